The van der Waals surface area contributed by atoms with E-state index in [0.29, 0.717) is 5.56 Å². The van der Waals surface area contributed by atoms with E-state index in [2.05, 4.69) is 28.2 Å². The van der Waals surface area contributed by atoms with Crippen LogP contribution in [-0.4, -0.2) is 18.6 Å². The average Bonchev–Trinajstić information content (AvgIpc) is 2.40. The first kappa shape index (κ1) is 17.0. The molecule has 1 rings (SSSR count). The van der Waals surface area contributed by atoms with Gasteiger partial charge >= 0.3 is 0 Å². The summed E-state index contributed by atoms with van der Waals surface area (Å²) in [5.41, 5.74) is 0.624. The minimum Gasteiger partial charge on any atom is -0.491 e. The molecule has 0 saturated carbocycles. The van der Waals surface area contributed by atoms with E-state index in [9.17, 15) is 4.79 Å². The maximum Gasteiger partial charge on any atom is 0.252 e. The summed E-state index contributed by atoms with van der Waals surface area (Å²) in [6, 6.07) is 5.50. The van der Waals surface area contributed by atoms with Gasteiger partial charge in [-0.25, -0.2) is 0 Å². The molecule has 0 aliphatic rings. The number of benzene rings is 1. The van der Waals surface area contributed by atoms with Crippen molar-refractivity contribution in [1.29, 1.82) is 0 Å². The molecule has 0 bridgehead atoms. The summed E-state index contributed by atoms with van der Waals surface area (Å²) >= 11 is 3.41. The van der Waals surface area contributed by atoms with E-state index < -0.39 is 0 Å². The molecule has 1 amide bonds. The van der Waals surface area contributed by atoms with Crippen LogP contribution in [0.3, 0.4) is 0 Å². The lowest BCUT2D eigenvalue weighted by molar-refractivity contribution is 0.0951. The number of amides is 1. The fourth-order valence-electron chi connectivity index (χ4n) is 1.87. The Bertz CT molecular complexity index is 432. The summed E-state index contributed by atoms with van der Waals surface area (Å²) in [4.78, 5) is 12.1. The van der Waals surface area contributed by atoms with Crippen LogP contribution in [0.4, 0.5) is 0 Å². The highest BCUT2D eigenvalue weighted by molar-refractivity contribution is 9.10. The van der Waals surface area contributed by atoms with Crippen molar-refractivity contribution < 1.29 is 9.53 Å². The van der Waals surface area contributed by atoms with Crippen LogP contribution in [0, 0.1) is 0 Å². The van der Waals surface area contributed by atoms with Crippen LogP contribution in [0.2, 0.25) is 0 Å². The average molecular weight is 342 g/mol. The van der Waals surface area contributed by atoms with E-state index in [1.165, 1.54) is 12.8 Å². The van der Waals surface area contributed by atoms with Gasteiger partial charge in [0.2, 0.25) is 0 Å². The van der Waals surface area contributed by atoms with Gasteiger partial charge in [0.1, 0.15) is 5.75 Å². The molecule has 0 fully saturated rings. The van der Waals surface area contributed by atoms with Gasteiger partial charge in [-0.3, -0.25) is 4.79 Å². The van der Waals surface area contributed by atoms with Gasteiger partial charge in [0.05, 0.1) is 11.7 Å². The van der Waals surface area contributed by atoms with Crippen LogP contribution in [0.25, 0.3) is 0 Å². The van der Waals surface area contributed by atoms with E-state index in [0.717, 1.165) is 29.6 Å². The second-order valence-electron chi connectivity index (χ2n) is 5.12. The van der Waals surface area contributed by atoms with E-state index in [1.54, 1.807) is 6.07 Å². The van der Waals surface area contributed by atoms with Crippen LogP contribution < -0.4 is 10.1 Å². The summed E-state index contributed by atoms with van der Waals surface area (Å²) in [5, 5.41) is 2.95. The van der Waals surface area contributed by atoms with Crippen molar-refractivity contribution >= 4 is 21.8 Å². The molecule has 0 spiro atoms. The summed E-state index contributed by atoms with van der Waals surface area (Å²) in [7, 11) is 0. The standard InChI is InChI=1S/C16H24BrNO2/c1-4-5-6-7-10-18-16(19)14-11-13(20-12(2)3)8-9-15(14)17/h8-9,11-12H,4-7,10H2,1-3H3,(H,18,19). The lowest BCUT2D eigenvalue weighted by Crippen LogP contribution is -2.24. The first-order valence-corrected chi connectivity index (χ1v) is 8.08. The Morgan fingerprint density at radius 1 is 1.30 bits per heavy atom. The maximum atomic E-state index is 12.1. The first-order chi connectivity index (χ1) is 9.54. The largest absolute Gasteiger partial charge is 0.491 e. The highest BCUT2D eigenvalue weighted by atomic mass is 79.9. The molecular weight excluding hydrogens is 318 g/mol. The fraction of sp³-hybridized carbons (Fsp3) is 0.562. The SMILES string of the molecule is CCCCCCNC(=O)c1cc(OC(C)C)ccc1Br. The van der Waals surface area contributed by atoms with Crippen LogP contribution in [0.5, 0.6) is 5.75 Å². The zero-order chi connectivity index (χ0) is 15.0. The van der Waals surface area contributed by atoms with Crippen LogP contribution in [0.15, 0.2) is 22.7 Å². The second-order valence-corrected chi connectivity index (χ2v) is 5.98. The number of hydrogen-bond donors (Lipinski definition) is 1. The molecule has 0 aliphatic heterocycles. The summed E-state index contributed by atoms with van der Waals surface area (Å²) < 4.78 is 6.41. The first-order valence-electron chi connectivity index (χ1n) is 7.29. The number of unbranched alkanes of at least 4 members (excludes halogenated alkanes) is 3. The predicted molar refractivity (Wildman–Crippen MR) is 86.4 cm³/mol. The Kier molecular flexibility index (Phi) is 7.67. The summed E-state index contributed by atoms with van der Waals surface area (Å²) in [6.45, 7) is 6.83. The normalized spacial score (nSPS) is 10.7. The van der Waals surface area contributed by atoms with Crippen molar-refractivity contribution in [2.24, 2.45) is 0 Å². The zero-order valence-corrected chi connectivity index (χ0v) is 14.1. The van der Waals surface area contributed by atoms with E-state index in [4.69, 9.17) is 4.74 Å². The van der Waals surface area contributed by atoms with Gasteiger partial charge < -0.3 is 10.1 Å². The predicted octanol–water partition coefficient (Wildman–Crippen LogP) is 4.55. The van der Waals surface area contributed by atoms with Crippen molar-refractivity contribution in [2.75, 3.05) is 6.54 Å². The van der Waals surface area contributed by atoms with Gasteiger partial charge in [0.25, 0.3) is 5.91 Å². The molecule has 112 valence electrons. The third-order valence-electron chi connectivity index (χ3n) is 2.87. The van der Waals surface area contributed by atoms with Crippen molar-refractivity contribution in [2.45, 2.75) is 52.6 Å². The van der Waals surface area contributed by atoms with Gasteiger partial charge in [-0.2, -0.15) is 0 Å². The van der Waals surface area contributed by atoms with Crippen molar-refractivity contribution in [3.63, 3.8) is 0 Å². The molecule has 0 radical (unpaired) electrons. The number of ether oxygens (including phenoxy) is 1. The minimum atomic E-state index is -0.0532. The van der Waals surface area contributed by atoms with E-state index in [-0.39, 0.29) is 12.0 Å². The van der Waals surface area contributed by atoms with Crippen LogP contribution in [0.1, 0.15) is 56.8 Å². The third-order valence-corrected chi connectivity index (χ3v) is 3.56. The van der Waals surface area contributed by atoms with Crippen molar-refractivity contribution in [1.82, 2.24) is 5.32 Å². The van der Waals surface area contributed by atoms with Gasteiger partial charge in [0, 0.05) is 11.0 Å². The Morgan fingerprint density at radius 2 is 2.05 bits per heavy atom. The van der Waals surface area contributed by atoms with Crippen LogP contribution >= 0.6 is 15.9 Å². The number of hydrogen-bond acceptors (Lipinski definition) is 2. The Morgan fingerprint density at radius 3 is 2.70 bits per heavy atom. The van der Waals surface area contributed by atoms with E-state index >= 15 is 0 Å². The molecule has 20 heavy (non-hydrogen) atoms. The number of nitrogens with one attached hydrogen (secondary N) is 1. The lowest BCUT2D eigenvalue weighted by Gasteiger charge is -2.12. The molecular formula is C16H24BrNO2. The molecule has 0 aromatic heterocycles. The van der Waals surface area contributed by atoms with Gasteiger partial charge in [-0.05, 0) is 54.4 Å². The topological polar surface area (TPSA) is 38.3 Å². The van der Waals surface area contributed by atoms with Gasteiger partial charge in [0.15, 0.2) is 0 Å². The minimum absolute atomic E-state index is 0.0532. The molecule has 0 atom stereocenters. The maximum absolute atomic E-state index is 12.1. The Hall–Kier alpha value is -1.03. The smallest absolute Gasteiger partial charge is 0.252 e. The number of halogens is 1. The lowest BCUT2D eigenvalue weighted by atomic mass is 10.2. The fourth-order valence-corrected chi connectivity index (χ4v) is 2.30. The summed E-state index contributed by atoms with van der Waals surface area (Å²) in [5.74, 6) is 0.668. The quantitative estimate of drug-likeness (QED) is 0.704. The molecule has 1 aromatic carbocycles. The summed E-state index contributed by atoms with van der Waals surface area (Å²) in [6.07, 6.45) is 4.71. The number of carbonyl (C=O) groups is 1. The monoisotopic (exact) mass is 341 g/mol. The van der Waals surface area contributed by atoms with Gasteiger partial charge in [-0.15, -0.1) is 0 Å². The van der Waals surface area contributed by atoms with Crippen molar-refractivity contribution in [3.05, 3.63) is 28.2 Å². The molecule has 0 unspecified atom stereocenters. The van der Waals surface area contributed by atoms with Gasteiger partial charge in [-0.1, -0.05) is 26.2 Å². The third kappa shape index (κ3) is 5.95. The Labute approximate surface area is 130 Å². The number of carbonyl (C=O) groups excluding carboxylic acids is 1. The highest BCUT2D eigenvalue weighted by Crippen LogP contribution is 2.23. The van der Waals surface area contributed by atoms with Crippen molar-refractivity contribution in [3.8, 4) is 5.75 Å². The Balaban J connectivity index is 2.57. The molecule has 1 aromatic rings. The second kappa shape index (κ2) is 9.01. The van der Waals surface area contributed by atoms with Crippen LogP contribution in [-0.2, 0) is 0 Å². The highest BCUT2D eigenvalue weighted by Gasteiger charge is 2.11. The molecule has 3 nitrogen and oxygen atoms in total. The molecule has 1 N–H and O–H groups in total. The zero-order valence-electron chi connectivity index (χ0n) is 12.5. The molecule has 4 heteroatoms. The van der Waals surface area contributed by atoms with E-state index in [1.807, 2.05) is 26.0 Å². The molecule has 0 saturated heterocycles. The molecule has 0 heterocycles. The molecule has 0 aliphatic carbocycles. The number of rotatable bonds is 8.